The molecule has 4 nitrogen and oxygen atoms in total. The van der Waals surface area contributed by atoms with Gasteiger partial charge in [0.05, 0.1) is 17.2 Å². The molecule has 1 unspecified atom stereocenters. The lowest BCUT2D eigenvalue weighted by Crippen LogP contribution is -2.14. The predicted octanol–water partition coefficient (Wildman–Crippen LogP) is 4.03. The van der Waals surface area contributed by atoms with Crippen molar-refractivity contribution in [1.82, 2.24) is 4.98 Å². The summed E-state index contributed by atoms with van der Waals surface area (Å²) in [6.45, 7) is 1.76. The number of thiazole rings is 1. The van der Waals surface area contributed by atoms with Gasteiger partial charge >= 0.3 is 12.1 Å². The van der Waals surface area contributed by atoms with Crippen molar-refractivity contribution in [3.63, 3.8) is 0 Å². The number of benzene rings is 1. The Morgan fingerprint density at radius 1 is 1.43 bits per heavy atom. The van der Waals surface area contributed by atoms with E-state index in [0.29, 0.717) is 0 Å². The lowest BCUT2D eigenvalue weighted by atomic mass is 10.1. The van der Waals surface area contributed by atoms with Crippen molar-refractivity contribution in [3.8, 4) is 0 Å². The molecule has 0 aliphatic heterocycles. The molecular weight excluding hydrogens is 305 g/mol. The number of carbonyl (C=O) groups is 1. The van der Waals surface area contributed by atoms with Gasteiger partial charge in [-0.1, -0.05) is 0 Å². The summed E-state index contributed by atoms with van der Waals surface area (Å²) in [5.41, 5.74) is -1.75. The first-order chi connectivity index (χ1) is 9.79. The van der Waals surface area contributed by atoms with Crippen LogP contribution in [-0.4, -0.2) is 16.1 Å². The van der Waals surface area contributed by atoms with Crippen LogP contribution in [-0.2, 0) is 6.18 Å². The van der Waals surface area contributed by atoms with Crippen molar-refractivity contribution in [2.45, 2.75) is 19.1 Å². The minimum atomic E-state index is -4.73. The number of nitrogens with zero attached hydrogens (tertiary/aromatic N) is 1. The van der Waals surface area contributed by atoms with Crippen LogP contribution in [0, 0.1) is 0 Å². The Hall–Kier alpha value is -2.09. The fraction of sp³-hybridized carbons (Fsp3) is 0.231. The number of hydrogen-bond acceptors (Lipinski definition) is 4. The molecule has 0 saturated heterocycles. The number of aromatic nitrogens is 1. The third-order valence-electron chi connectivity index (χ3n) is 2.76. The molecule has 2 rings (SSSR count). The normalized spacial score (nSPS) is 13.0. The summed E-state index contributed by atoms with van der Waals surface area (Å²) < 4.78 is 38.7. The van der Waals surface area contributed by atoms with Gasteiger partial charge in [0.1, 0.15) is 5.01 Å². The second kappa shape index (κ2) is 5.72. The van der Waals surface area contributed by atoms with E-state index >= 15 is 0 Å². The van der Waals surface area contributed by atoms with Crippen LogP contribution in [0.5, 0.6) is 0 Å². The van der Waals surface area contributed by atoms with E-state index in [4.69, 9.17) is 5.11 Å². The average Bonchev–Trinajstić information content (AvgIpc) is 2.91. The van der Waals surface area contributed by atoms with Crippen LogP contribution in [0.3, 0.4) is 0 Å². The van der Waals surface area contributed by atoms with E-state index in [1.807, 2.05) is 0 Å². The highest BCUT2D eigenvalue weighted by atomic mass is 32.1. The summed E-state index contributed by atoms with van der Waals surface area (Å²) in [7, 11) is 0. The molecule has 0 amide bonds. The second-order valence-electron chi connectivity index (χ2n) is 4.30. The molecule has 0 saturated carbocycles. The van der Waals surface area contributed by atoms with Crippen molar-refractivity contribution in [3.05, 3.63) is 45.9 Å². The van der Waals surface area contributed by atoms with Crippen LogP contribution in [0.25, 0.3) is 0 Å². The minimum absolute atomic E-state index is 0.190. The Bertz CT molecular complexity index is 641. The van der Waals surface area contributed by atoms with Crippen LogP contribution in [0.1, 0.15) is 33.9 Å². The molecule has 1 atom stereocenters. The highest BCUT2D eigenvalue weighted by molar-refractivity contribution is 7.09. The molecule has 2 aromatic rings. The lowest BCUT2D eigenvalue weighted by molar-refractivity contribution is -0.138. The number of rotatable bonds is 4. The zero-order valence-corrected chi connectivity index (χ0v) is 11.6. The maximum Gasteiger partial charge on any atom is 0.417 e. The van der Waals surface area contributed by atoms with Gasteiger partial charge in [-0.05, 0) is 25.1 Å². The average molecular weight is 316 g/mol. The maximum atomic E-state index is 12.9. The topological polar surface area (TPSA) is 62.2 Å². The van der Waals surface area contributed by atoms with E-state index in [2.05, 4.69) is 10.3 Å². The Morgan fingerprint density at radius 3 is 2.67 bits per heavy atom. The molecule has 1 aromatic heterocycles. The number of anilines is 1. The summed E-state index contributed by atoms with van der Waals surface area (Å²) in [5.74, 6) is -1.61. The van der Waals surface area contributed by atoms with Gasteiger partial charge in [-0.3, -0.25) is 0 Å². The molecule has 21 heavy (non-hydrogen) atoms. The summed E-state index contributed by atoms with van der Waals surface area (Å²) in [4.78, 5) is 14.9. The largest absolute Gasteiger partial charge is 0.478 e. The summed E-state index contributed by atoms with van der Waals surface area (Å²) in [6, 6.07) is 2.78. The standard InChI is InChI=1S/C13H11F3N2O2S/c1-7(11-17-4-5-21-11)18-8-2-3-9(12(19)20)10(6-8)13(14,15)16/h2-7,18H,1H3,(H,19,20). The van der Waals surface area contributed by atoms with Gasteiger partial charge < -0.3 is 10.4 Å². The molecule has 112 valence electrons. The first-order valence-electron chi connectivity index (χ1n) is 5.89. The molecule has 0 aliphatic carbocycles. The third kappa shape index (κ3) is 3.52. The minimum Gasteiger partial charge on any atom is -0.478 e. The van der Waals surface area contributed by atoms with Crippen LogP contribution >= 0.6 is 11.3 Å². The van der Waals surface area contributed by atoms with Crippen LogP contribution in [0.4, 0.5) is 18.9 Å². The molecule has 0 aliphatic rings. The second-order valence-corrected chi connectivity index (χ2v) is 5.23. The molecule has 0 bridgehead atoms. The number of aromatic carboxylic acids is 1. The molecule has 0 fully saturated rings. The Kier molecular flexibility index (Phi) is 4.17. The molecule has 1 heterocycles. The Morgan fingerprint density at radius 2 is 2.14 bits per heavy atom. The van der Waals surface area contributed by atoms with Gasteiger partial charge in [0.2, 0.25) is 0 Å². The van der Waals surface area contributed by atoms with Crippen molar-refractivity contribution in [2.75, 3.05) is 5.32 Å². The number of carboxylic acids is 1. The van der Waals surface area contributed by atoms with Crippen molar-refractivity contribution < 1.29 is 23.1 Å². The highest BCUT2D eigenvalue weighted by Crippen LogP contribution is 2.34. The third-order valence-corrected chi connectivity index (χ3v) is 3.72. The van der Waals surface area contributed by atoms with Crippen molar-refractivity contribution >= 4 is 23.0 Å². The van der Waals surface area contributed by atoms with Crippen LogP contribution in [0.15, 0.2) is 29.8 Å². The number of nitrogens with one attached hydrogen (secondary N) is 1. The van der Waals surface area contributed by atoms with E-state index in [1.54, 1.807) is 18.5 Å². The zero-order valence-electron chi connectivity index (χ0n) is 10.8. The number of alkyl halides is 3. The maximum absolute atomic E-state index is 12.9. The molecule has 0 radical (unpaired) electrons. The van der Waals surface area contributed by atoms with E-state index in [1.165, 1.54) is 17.4 Å². The van der Waals surface area contributed by atoms with E-state index in [-0.39, 0.29) is 11.7 Å². The Balaban J connectivity index is 2.32. The SMILES string of the molecule is CC(Nc1ccc(C(=O)O)c(C(F)(F)F)c1)c1nccs1. The van der Waals surface area contributed by atoms with Gasteiger partial charge in [-0.15, -0.1) is 11.3 Å². The summed E-state index contributed by atoms with van der Waals surface area (Å²) in [5, 5.41) is 14.2. The fourth-order valence-electron chi connectivity index (χ4n) is 1.82. The first kappa shape index (κ1) is 15.3. The van der Waals surface area contributed by atoms with E-state index in [0.717, 1.165) is 17.1 Å². The monoisotopic (exact) mass is 316 g/mol. The quantitative estimate of drug-likeness (QED) is 0.894. The van der Waals surface area contributed by atoms with Crippen molar-refractivity contribution in [1.29, 1.82) is 0 Å². The number of hydrogen-bond donors (Lipinski definition) is 2. The fourth-order valence-corrected chi connectivity index (χ4v) is 2.46. The zero-order chi connectivity index (χ0) is 15.6. The number of carboxylic acid groups (broad SMARTS) is 1. The van der Waals surface area contributed by atoms with Gasteiger partial charge in [-0.25, -0.2) is 9.78 Å². The number of halogens is 3. The van der Waals surface area contributed by atoms with Gasteiger partial charge in [0.25, 0.3) is 0 Å². The molecule has 8 heteroatoms. The van der Waals surface area contributed by atoms with E-state index in [9.17, 15) is 18.0 Å². The molecule has 2 N–H and O–H groups in total. The summed E-state index contributed by atoms with van der Waals surface area (Å²) in [6.07, 6.45) is -3.12. The van der Waals surface area contributed by atoms with Gasteiger partial charge in [0.15, 0.2) is 0 Å². The summed E-state index contributed by atoms with van der Waals surface area (Å²) >= 11 is 1.38. The van der Waals surface area contributed by atoms with Gasteiger partial charge in [-0.2, -0.15) is 13.2 Å². The molecule has 0 spiro atoms. The van der Waals surface area contributed by atoms with E-state index < -0.39 is 23.3 Å². The molecular formula is C13H11F3N2O2S. The molecule has 1 aromatic carbocycles. The van der Waals surface area contributed by atoms with Gasteiger partial charge in [0, 0.05) is 17.3 Å². The lowest BCUT2D eigenvalue weighted by Gasteiger charge is -2.16. The van der Waals surface area contributed by atoms with Crippen LogP contribution < -0.4 is 5.32 Å². The first-order valence-corrected chi connectivity index (χ1v) is 6.77. The van der Waals surface area contributed by atoms with Crippen molar-refractivity contribution in [2.24, 2.45) is 0 Å². The highest BCUT2D eigenvalue weighted by Gasteiger charge is 2.35. The van der Waals surface area contributed by atoms with Crippen LogP contribution in [0.2, 0.25) is 0 Å². The smallest absolute Gasteiger partial charge is 0.417 e. The predicted molar refractivity (Wildman–Crippen MR) is 72.6 cm³/mol. The Labute approximate surface area is 122 Å².